The molecule has 1 nitrogen and oxygen atoms in total. The van der Waals surface area contributed by atoms with E-state index in [1.165, 1.54) is 12.1 Å². The summed E-state index contributed by atoms with van der Waals surface area (Å²) in [6, 6.07) is 3.76. The summed E-state index contributed by atoms with van der Waals surface area (Å²) in [5.41, 5.74) is 5.72. The van der Waals surface area contributed by atoms with Crippen LogP contribution in [-0.2, 0) is 0 Å². The molecule has 0 aromatic heterocycles. The van der Waals surface area contributed by atoms with Crippen molar-refractivity contribution < 1.29 is 13.2 Å². The predicted molar refractivity (Wildman–Crippen MR) is 43.1 cm³/mol. The zero-order valence-corrected chi connectivity index (χ0v) is 6.73. The van der Waals surface area contributed by atoms with Crippen LogP contribution in [0.4, 0.5) is 18.9 Å². The van der Waals surface area contributed by atoms with Gasteiger partial charge in [-0.2, -0.15) is 0 Å². The van der Waals surface area contributed by atoms with E-state index in [9.17, 15) is 13.2 Å². The van der Waals surface area contributed by atoms with Gasteiger partial charge in [0.2, 0.25) is 0 Å². The van der Waals surface area contributed by atoms with Gasteiger partial charge in [0.05, 0.1) is 5.92 Å². The summed E-state index contributed by atoms with van der Waals surface area (Å²) in [5, 5.41) is 0. The average Bonchev–Trinajstić information content (AvgIpc) is 2.65. The van der Waals surface area contributed by atoms with Gasteiger partial charge in [-0.3, -0.25) is 0 Å². The van der Waals surface area contributed by atoms with Crippen LogP contribution in [0.1, 0.15) is 17.9 Å². The van der Waals surface area contributed by atoms with Crippen molar-refractivity contribution in [3.05, 3.63) is 29.6 Å². The molecule has 0 aliphatic heterocycles. The summed E-state index contributed by atoms with van der Waals surface area (Å²) in [5.74, 6) is -4.32. The van der Waals surface area contributed by atoms with Crippen molar-refractivity contribution in [1.29, 1.82) is 0 Å². The number of hydrogen-bond donors (Lipinski definition) is 1. The fourth-order valence-electron chi connectivity index (χ4n) is 1.38. The third-order valence-electron chi connectivity index (χ3n) is 2.22. The molecular formula is C9H8F3N. The van der Waals surface area contributed by atoms with E-state index in [-0.39, 0.29) is 12.0 Å². The van der Waals surface area contributed by atoms with E-state index in [1.54, 1.807) is 0 Å². The first-order valence-corrected chi connectivity index (χ1v) is 3.93. The number of nitrogen functional groups attached to an aromatic ring is 1. The first kappa shape index (κ1) is 8.41. The minimum atomic E-state index is -2.74. The van der Waals surface area contributed by atoms with E-state index in [0.29, 0.717) is 5.69 Å². The normalized spacial score (nSPS) is 24.4. The summed E-state index contributed by atoms with van der Waals surface area (Å²) >= 11 is 0. The molecule has 0 bridgehead atoms. The maximum atomic E-state index is 13.0. The highest BCUT2D eigenvalue weighted by Gasteiger charge is 2.58. The van der Waals surface area contributed by atoms with E-state index in [0.717, 1.165) is 6.07 Å². The Bertz CT molecular complexity index is 349. The Labute approximate surface area is 73.4 Å². The Morgan fingerprint density at radius 1 is 1.38 bits per heavy atom. The van der Waals surface area contributed by atoms with Crippen LogP contribution in [-0.4, -0.2) is 5.92 Å². The van der Waals surface area contributed by atoms with Gasteiger partial charge < -0.3 is 5.73 Å². The smallest absolute Gasteiger partial charge is 0.256 e. The quantitative estimate of drug-likeness (QED) is 0.671. The molecule has 1 unspecified atom stereocenters. The molecule has 1 fully saturated rings. The van der Waals surface area contributed by atoms with Crippen LogP contribution in [0.5, 0.6) is 0 Å². The van der Waals surface area contributed by atoms with Gasteiger partial charge in [0, 0.05) is 12.1 Å². The second-order valence-corrected chi connectivity index (χ2v) is 3.30. The van der Waals surface area contributed by atoms with Crippen molar-refractivity contribution >= 4 is 5.69 Å². The van der Waals surface area contributed by atoms with Crippen molar-refractivity contribution in [3.63, 3.8) is 0 Å². The maximum Gasteiger partial charge on any atom is 0.256 e. The number of rotatable bonds is 1. The molecule has 0 amide bonds. The summed E-state index contributed by atoms with van der Waals surface area (Å²) < 4.78 is 38.2. The Morgan fingerprint density at radius 2 is 2.00 bits per heavy atom. The van der Waals surface area contributed by atoms with Crippen LogP contribution in [0.25, 0.3) is 0 Å². The highest BCUT2D eigenvalue weighted by molar-refractivity contribution is 5.45. The zero-order valence-electron chi connectivity index (χ0n) is 6.73. The monoisotopic (exact) mass is 187 g/mol. The molecule has 2 N–H and O–H groups in total. The van der Waals surface area contributed by atoms with Crippen molar-refractivity contribution in [2.45, 2.75) is 18.3 Å². The Kier molecular flexibility index (Phi) is 1.55. The van der Waals surface area contributed by atoms with Crippen LogP contribution in [0.15, 0.2) is 18.2 Å². The van der Waals surface area contributed by atoms with Gasteiger partial charge in [0.1, 0.15) is 5.82 Å². The van der Waals surface area contributed by atoms with Gasteiger partial charge in [-0.1, -0.05) is 0 Å². The van der Waals surface area contributed by atoms with Gasteiger partial charge in [-0.25, -0.2) is 13.2 Å². The molecule has 1 aliphatic carbocycles. The molecule has 1 aromatic carbocycles. The largest absolute Gasteiger partial charge is 0.399 e. The molecule has 0 spiro atoms. The molecule has 0 heterocycles. The van der Waals surface area contributed by atoms with E-state index >= 15 is 0 Å². The molecule has 2 rings (SSSR count). The molecule has 0 saturated heterocycles. The Morgan fingerprint density at radius 3 is 2.54 bits per heavy atom. The molecule has 70 valence electrons. The lowest BCUT2D eigenvalue weighted by Gasteiger charge is -2.02. The minimum absolute atomic E-state index is 0.0324. The number of anilines is 1. The lowest BCUT2D eigenvalue weighted by molar-refractivity contribution is 0.111. The molecular weight excluding hydrogens is 179 g/mol. The maximum absolute atomic E-state index is 13.0. The molecule has 1 aliphatic rings. The van der Waals surface area contributed by atoms with Crippen LogP contribution in [0.3, 0.4) is 0 Å². The van der Waals surface area contributed by atoms with Crippen LogP contribution >= 0.6 is 0 Å². The van der Waals surface area contributed by atoms with E-state index < -0.39 is 17.7 Å². The van der Waals surface area contributed by atoms with Crippen LogP contribution in [0, 0.1) is 5.82 Å². The molecule has 1 atom stereocenters. The average molecular weight is 187 g/mol. The SMILES string of the molecule is Nc1ccc(F)c(C2CC2(F)F)c1. The van der Waals surface area contributed by atoms with Crippen molar-refractivity contribution in [2.24, 2.45) is 0 Å². The summed E-state index contributed by atoms with van der Waals surface area (Å²) in [7, 11) is 0. The predicted octanol–water partition coefficient (Wildman–Crippen LogP) is 2.53. The second kappa shape index (κ2) is 2.40. The zero-order chi connectivity index (χ0) is 9.64. The van der Waals surface area contributed by atoms with Gasteiger partial charge >= 0.3 is 0 Å². The Balaban J connectivity index is 2.36. The minimum Gasteiger partial charge on any atom is -0.399 e. The van der Waals surface area contributed by atoms with Gasteiger partial charge in [0.25, 0.3) is 5.92 Å². The number of nitrogens with two attached hydrogens (primary N) is 1. The van der Waals surface area contributed by atoms with Gasteiger partial charge in [0.15, 0.2) is 0 Å². The van der Waals surface area contributed by atoms with Gasteiger partial charge in [-0.15, -0.1) is 0 Å². The second-order valence-electron chi connectivity index (χ2n) is 3.30. The number of alkyl halides is 2. The number of hydrogen-bond acceptors (Lipinski definition) is 1. The summed E-state index contributed by atoms with van der Waals surface area (Å²) in [6.07, 6.45) is -0.270. The third kappa shape index (κ3) is 1.36. The molecule has 1 aromatic rings. The molecule has 1 saturated carbocycles. The fourth-order valence-corrected chi connectivity index (χ4v) is 1.38. The van der Waals surface area contributed by atoms with E-state index in [4.69, 9.17) is 5.73 Å². The topological polar surface area (TPSA) is 26.0 Å². The standard InChI is InChI=1S/C9H8F3N/c10-8-2-1-5(13)3-6(8)7-4-9(7,11)12/h1-3,7H,4,13H2. The van der Waals surface area contributed by atoms with Crippen LogP contribution < -0.4 is 5.73 Å². The summed E-state index contributed by atoms with van der Waals surface area (Å²) in [4.78, 5) is 0. The summed E-state index contributed by atoms with van der Waals surface area (Å²) in [6.45, 7) is 0. The first-order chi connectivity index (χ1) is 6.00. The molecule has 13 heavy (non-hydrogen) atoms. The number of halogens is 3. The molecule has 4 heteroatoms. The van der Waals surface area contributed by atoms with Crippen molar-refractivity contribution in [3.8, 4) is 0 Å². The lowest BCUT2D eigenvalue weighted by atomic mass is 10.1. The van der Waals surface area contributed by atoms with Gasteiger partial charge in [-0.05, 0) is 23.8 Å². The highest BCUT2D eigenvalue weighted by atomic mass is 19.3. The molecule has 0 radical (unpaired) electrons. The van der Waals surface area contributed by atoms with Crippen molar-refractivity contribution in [2.75, 3.05) is 5.73 Å². The lowest BCUT2D eigenvalue weighted by Crippen LogP contribution is -1.97. The number of benzene rings is 1. The Hall–Kier alpha value is -1.19. The first-order valence-electron chi connectivity index (χ1n) is 3.93. The fraction of sp³-hybridized carbons (Fsp3) is 0.333. The van der Waals surface area contributed by atoms with Crippen molar-refractivity contribution in [1.82, 2.24) is 0 Å². The highest BCUT2D eigenvalue weighted by Crippen LogP contribution is 2.56. The van der Waals surface area contributed by atoms with E-state index in [2.05, 4.69) is 0 Å². The third-order valence-corrected chi connectivity index (χ3v) is 2.22. The van der Waals surface area contributed by atoms with E-state index in [1.807, 2.05) is 0 Å². The van der Waals surface area contributed by atoms with Crippen LogP contribution in [0.2, 0.25) is 0 Å².